The Morgan fingerprint density at radius 1 is 1.30 bits per heavy atom. The fourth-order valence-corrected chi connectivity index (χ4v) is 1.59. The molecule has 1 aromatic rings. The smallest absolute Gasteiger partial charge is 0.345 e. The summed E-state index contributed by atoms with van der Waals surface area (Å²) in [6.07, 6.45) is 1.55. The molecule has 1 aromatic carbocycles. The van der Waals surface area contributed by atoms with Crippen LogP contribution in [0.1, 0.15) is 23.2 Å². The molecule has 0 bridgehead atoms. The highest BCUT2D eigenvalue weighted by atomic mass is 16.6. The molecular weight excluding hydrogens is 310 g/mol. The van der Waals surface area contributed by atoms with Crippen LogP contribution in [-0.2, 0) is 9.53 Å². The third-order valence-corrected chi connectivity index (χ3v) is 2.61. The number of carbonyl (C=O) groups is 2. The summed E-state index contributed by atoms with van der Waals surface area (Å²) in [4.78, 5) is 32.1. The van der Waals surface area contributed by atoms with Crippen LogP contribution in [0.5, 0.6) is 11.5 Å². The predicted molar refractivity (Wildman–Crippen MR) is 79.9 cm³/mol. The van der Waals surface area contributed by atoms with Crippen molar-refractivity contribution in [3.63, 3.8) is 0 Å². The summed E-state index contributed by atoms with van der Waals surface area (Å²) in [5.74, 6) is -0.539. The van der Waals surface area contributed by atoms with Crippen LogP contribution >= 0.6 is 0 Å². The second kappa shape index (κ2) is 11.0. The maximum atomic E-state index is 11.6. The average molecular weight is 329 g/mol. The summed E-state index contributed by atoms with van der Waals surface area (Å²) in [5.41, 5.74) is -0.660. The molecule has 1 rings (SSSR count). The molecule has 0 spiro atoms. The lowest BCUT2D eigenvalue weighted by molar-refractivity contribution is -0.385. The zero-order valence-electron chi connectivity index (χ0n) is 13.1. The molecule has 0 aromatic heterocycles. The number of rotatable bonds is 8. The van der Waals surface area contributed by atoms with E-state index in [9.17, 15) is 19.7 Å². The zero-order valence-corrected chi connectivity index (χ0v) is 13.1. The highest BCUT2D eigenvalue weighted by Crippen LogP contribution is 2.35. The number of hydrogen-bond acceptors (Lipinski definition) is 8. The van der Waals surface area contributed by atoms with Crippen LogP contribution in [0.2, 0.25) is 0 Å². The number of nitro groups is 1. The van der Waals surface area contributed by atoms with E-state index >= 15 is 0 Å². The van der Waals surface area contributed by atoms with Crippen molar-refractivity contribution in [1.29, 1.82) is 0 Å². The molecule has 128 valence electrons. The molecule has 1 N–H and O–H groups in total. The predicted octanol–water partition coefficient (Wildman–Crippen LogP) is 1.36. The maximum absolute atomic E-state index is 11.6. The first-order valence-corrected chi connectivity index (χ1v) is 6.51. The number of ether oxygens (including phenoxy) is 3. The van der Waals surface area contributed by atoms with Gasteiger partial charge in [0.1, 0.15) is 11.8 Å². The third-order valence-electron chi connectivity index (χ3n) is 2.61. The van der Waals surface area contributed by atoms with Crippen LogP contribution in [0.15, 0.2) is 12.1 Å². The van der Waals surface area contributed by atoms with Crippen LogP contribution in [0, 0.1) is 10.1 Å². The molecule has 0 atom stereocenters. The number of aldehydes is 1. The maximum Gasteiger partial charge on any atom is 0.345 e. The van der Waals surface area contributed by atoms with Crippen molar-refractivity contribution in [3.8, 4) is 11.5 Å². The van der Waals surface area contributed by atoms with Gasteiger partial charge in [-0.1, -0.05) is 0 Å². The van der Waals surface area contributed by atoms with Gasteiger partial charge in [0.15, 0.2) is 11.5 Å². The summed E-state index contributed by atoms with van der Waals surface area (Å²) in [7, 11) is 3.48. The summed E-state index contributed by atoms with van der Waals surface area (Å²) in [6, 6.07) is 2.30. The van der Waals surface area contributed by atoms with Gasteiger partial charge < -0.3 is 24.1 Å². The lowest BCUT2D eigenvalue weighted by Crippen LogP contribution is -2.08. The molecule has 0 saturated heterocycles. The molecule has 0 amide bonds. The van der Waals surface area contributed by atoms with Crippen molar-refractivity contribution in [2.45, 2.75) is 12.8 Å². The molecule has 0 saturated carbocycles. The van der Waals surface area contributed by atoms with E-state index in [-0.39, 0.29) is 23.7 Å². The Morgan fingerprint density at radius 3 is 2.43 bits per heavy atom. The Kier molecular flexibility index (Phi) is 9.69. The second-order valence-electron chi connectivity index (χ2n) is 3.93. The topological polar surface area (TPSA) is 125 Å². The van der Waals surface area contributed by atoms with E-state index in [1.165, 1.54) is 13.2 Å². The van der Waals surface area contributed by atoms with Crippen molar-refractivity contribution in [2.75, 3.05) is 27.9 Å². The van der Waals surface area contributed by atoms with Crippen LogP contribution in [0.4, 0.5) is 5.69 Å². The number of nitrogens with zero attached hydrogens (tertiary/aromatic N) is 1. The SMILES string of the molecule is CO.COC(=O)c1cc(OC)c(OCCCC=O)cc1[N+](=O)[O-]. The molecule has 9 heteroatoms. The van der Waals surface area contributed by atoms with E-state index in [4.69, 9.17) is 14.6 Å². The summed E-state index contributed by atoms with van der Waals surface area (Å²) >= 11 is 0. The van der Waals surface area contributed by atoms with E-state index < -0.39 is 16.6 Å². The van der Waals surface area contributed by atoms with E-state index in [0.717, 1.165) is 26.6 Å². The Labute approximate surface area is 132 Å². The second-order valence-corrected chi connectivity index (χ2v) is 3.93. The zero-order chi connectivity index (χ0) is 17.8. The summed E-state index contributed by atoms with van der Waals surface area (Å²) < 4.78 is 14.9. The molecule has 0 aliphatic rings. The van der Waals surface area contributed by atoms with Crippen molar-refractivity contribution >= 4 is 17.9 Å². The Hall–Kier alpha value is -2.68. The number of nitro benzene ring substituents is 1. The first-order valence-electron chi connectivity index (χ1n) is 6.51. The van der Waals surface area contributed by atoms with E-state index in [0.29, 0.717) is 12.8 Å². The Balaban J connectivity index is 0.00000232. The molecule has 0 aliphatic heterocycles. The van der Waals surface area contributed by atoms with Crippen LogP contribution in [-0.4, -0.2) is 50.2 Å². The fraction of sp³-hybridized carbons (Fsp3) is 0.429. The number of methoxy groups -OCH3 is 2. The van der Waals surface area contributed by atoms with Crippen molar-refractivity contribution < 1.29 is 33.8 Å². The third kappa shape index (κ3) is 5.91. The minimum Gasteiger partial charge on any atom is -0.493 e. The first-order chi connectivity index (χ1) is 11.0. The van der Waals surface area contributed by atoms with Crippen LogP contribution in [0.25, 0.3) is 0 Å². The minimum absolute atomic E-state index is 0.128. The van der Waals surface area contributed by atoms with Crippen molar-refractivity contribution in [3.05, 3.63) is 27.8 Å². The largest absolute Gasteiger partial charge is 0.493 e. The van der Waals surface area contributed by atoms with Gasteiger partial charge in [-0.3, -0.25) is 10.1 Å². The fourth-order valence-electron chi connectivity index (χ4n) is 1.59. The van der Waals surface area contributed by atoms with Gasteiger partial charge >= 0.3 is 5.97 Å². The lowest BCUT2D eigenvalue weighted by Gasteiger charge is -2.11. The van der Waals surface area contributed by atoms with Gasteiger partial charge in [0.05, 0.1) is 31.8 Å². The van der Waals surface area contributed by atoms with E-state index in [1.807, 2.05) is 0 Å². The minimum atomic E-state index is -0.840. The molecule has 23 heavy (non-hydrogen) atoms. The quantitative estimate of drug-likeness (QED) is 0.249. The van der Waals surface area contributed by atoms with E-state index in [2.05, 4.69) is 4.74 Å². The highest BCUT2D eigenvalue weighted by molar-refractivity contribution is 5.94. The number of benzene rings is 1. The first kappa shape index (κ1) is 20.3. The number of hydrogen-bond donors (Lipinski definition) is 1. The highest BCUT2D eigenvalue weighted by Gasteiger charge is 2.25. The molecule has 0 fully saturated rings. The summed E-state index contributed by atoms with van der Waals surface area (Å²) in [5, 5.41) is 18.0. The van der Waals surface area contributed by atoms with Gasteiger partial charge in [-0.05, 0) is 6.42 Å². The van der Waals surface area contributed by atoms with Gasteiger partial charge in [-0.25, -0.2) is 4.79 Å². The molecule has 0 radical (unpaired) electrons. The number of unbranched alkanes of at least 4 members (excludes halogenated alkanes) is 1. The Bertz CT molecular complexity index is 544. The van der Waals surface area contributed by atoms with Crippen LogP contribution < -0.4 is 9.47 Å². The van der Waals surface area contributed by atoms with Crippen molar-refractivity contribution in [2.24, 2.45) is 0 Å². The molecule has 0 unspecified atom stereocenters. The standard InChI is InChI=1S/C13H15NO7.CH4O/c1-19-11-7-9(13(16)20-2)10(14(17)18)8-12(11)21-6-4-3-5-15;1-2/h5,7-8H,3-4,6H2,1-2H3;2H,1H3. The lowest BCUT2D eigenvalue weighted by atomic mass is 10.1. The van der Waals surface area contributed by atoms with Gasteiger partial charge in [-0.15, -0.1) is 0 Å². The molecular formula is C14H19NO8. The van der Waals surface area contributed by atoms with Crippen molar-refractivity contribution in [1.82, 2.24) is 0 Å². The number of aliphatic hydroxyl groups is 1. The average Bonchev–Trinajstić information content (AvgIpc) is 2.59. The van der Waals surface area contributed by atoms with E-state index in [1.54, 1.807) is 0 Å². The Morgan fingerprint density at radius 2 is 1.96 bits per heavy atom. The molecule has 0 aliphatic carbocycles. The van der Waals surface area contributed by atoms with Gasteiger partial charge in [-0.2, -0.15) is 0 Å². The number of aliphatic hydroxyl groups excluding tert-OH is 1. The summed E-state index contributed by atoms with van der Waals surface area (Å²) in [6.45, 7) is 0.198. The number of carbonyl (C=O) groups excluding carboxylic acids is 2. The molecule has 0 heterocycles. The number of esters is 1. The van der Waals surface area contributed by atoms with Crippen LogP contribution in [0.3, 0.4) is 0 Å². The van der Waals surface area contributed by atoms with Gasteiger partial charge in [0.25, 0.3) is 5.69 Å². The monoisotopic (exact) mass is 329 g/mol. The normalized spacial score (nSPS) is 9.22. The van der Waals surface area contributed by atoms with Gasteiger partial charge in [0.2, 0.25) is 0 Å². The molecule has 9 nitrogen and oxygen atoms in total. The van der Waals surface area contributed by atoms with Gasteiger partial charge in [0, 0.05) is 19.6 Å².